The van der Waals surface area contributed by atoms with Crippen LogP contribution in [0.5, 0.6) is 0 Å². The number of benzene rings is 1. The molecule has 0 aromatic heterocycles. The van der Waals surface area contributed by atoms with Gasteiger partial charge in [0.1, 0.15) is 0 Å². The molecule has 2 aliphatic rings. The lowest BCUT2D eigenvalue weighted by atomic mass is 10.0. The summed E-state index contributed by atoms with van der Waals surface area (Å²) in [5.74, 6) is 0.846. The van der Waals surface area contributed by atoms with Crippen molar-refractivity contribution in [1.29, 1.82) is 0 Å². The average molecular weight is 329 g/mol. The molecule has 2 N–H and O–H groups in total. The van der Waals surface area contributed by atoms with Crippen LogP contribution in [-0.2, 0) is 4.79 Å². The molecule has 24 heavy (non-hydrogen) atoms. The lowest BCUT2D eigenvalue weighted by Crippen LogP contribution is -2.37. The zero-order valence-electron chi connectivity index (χ0n) is 14.2. The minimum atomic E-state index is 0.00684. The molecular formula is C19H27N3O2. The third kappa shape index (κ3) is 4.08. The van der Waals surface area contributed by atoms with Gasteiger partial charge < -0.3 is 15.5 Å². The van der Waals surface area contributed by atoms with Crippen LogP contribution in [0.4, 0.5) is 5.69 Å². The number of nitrogen functional groups attached to an aromatic ring is 1. The van der Waals surface area contributed by atoms with Gasteiger partial charge in [0.25, 0.3) is 5.91 Å². The van der Waals surface area contributed by atoms with Crippen LogP contribution < -0.4 is 5.73 Å². The molecule has 0 unspecified atom stereocenters. The predicted molar refractivity (Wildman–Crippen MR) is 94.5 cm³/mol. The first-order valence-electron chi connectivity index (χ1n) is 9.06. The highest BCUT2D eigenvalue weighted by Crippen LogP contribution is 2.28. The molecule has 0 atom stereocenters. The maximum atomic E-state index is 12.6. The maximum Gasteiger partial charge on any atom is 0.253 e. The summed E-state index contributed by atoms with van der Waals surface area (Å²) in [5, 5.41) is 0. The molecule has 2 fully saturated rings. The number of amides is 2. The van der Waals surface area contributed by atoms with Gasteiger partial charge in [-0.25, -0.2) is 0 Å². The number of hydrogen-bond acceptors (Lipinski definition) is 3. The maximum absolute atomic E-state index is 12.6. The van der Waals surface area contributed by atoms with Gasteiger partial charge >= 0.3 is 0 Å². The average Bonchev–Trinajstić information content (AvgIpc) is 2.95. The van der Waals surface area contributed by atoms with E-state index >= 15 is 0 Å². The van der Waals surface area contributed by atoms with Gasteiger partial charge in [0.05, 0.1) is 0 Å². The van der Waals surface area contributed by atoms with E-state index in [4.69, 9.17) is 5.73 Å². The Hall–Kier alpha value is -2.04. The highest BCUT2D eigenvalue weighted by atomic mass is 16.2. The number of rotatable bonds is 3. The molecule has 0 radical (unpaired) electrons. The van der Waals surface area contributed by atoms with Crippen LogP contribution in [-0.4, -0.2) is 47.8 Å². The van der Waals surface area contributed by atoms with Crippen molar-refractivity contribution >= 4 is 17.5 Å². The second-order valence-electron chi connectivity index (χ2n) is 7.01. The summed E-state index contributed by atoms with van der Waals surface area (Å²) in [6, 6.07) is 7.10. The number of nitrogens with two attached hydrogens (primary N) is 1. The molecule has 1 aliphatic carbocycles. The van der Waals surface area contributed by atoms with Gasteiger partial charge in [-0.15, -0.1) is 0 Å². The zero-order chi connectivity index (χ0) is 16.9. The minimum Gasteiger partial charge on any atom is -0.399 e. The Balaban J connectivity index is 1.56. The Kier molecular flexibility index (Phi) is 5.38. The Morgan fingerprint density at radius 2 is 1.71 bits per heavy atom. The third-order valence-electron chi connectivity index (χ3n) is 5.21. The fourth-order valence-corrected chi connectivity index (χ4v) is 3.81. The fourth-order valence-electron chi connectivity index (χ4n) is 3.81. The van der Waals surface area contributed by atoms with Crippen molar-refractivity contribution in [2.75, 3.05) is 31.9 Å². The Bertz CT molecular complexity index is 596. The van der Waals surface area contributed by atoms with Gasteiger partial charge in [0.2, 0.25) is 5.91 Å². The first kappa shape index (κ1) is 16.8. The lowest BCUT2D eigenvalue weighted by molar-refractivity contribution is -0.132. The normalized spacial score (nSPS) is 19.3. The lowest BCUT2D eigenvalue weighted by Gasteiger charge is -2.23. The summed E-state index contributed by atoms with van der Waals surface area (Å²) < 4.78 is 0. The molecule has 1 aromatic rings. The van der Waals surface area contributed by atoms with Crippen LogP contribution >= 0.6 is 0 Å². The second kappa shape index (κ2) is 7.69. The monoisotopic (exact) mass is 329 g/mol. The van der Waals surface area contributed by atoms with Gasteiger partial charge in [-0.05, 0) is 43.4 Å². The quantitative estimate of drug-likeness (QED) is 0.867. The molecule has 130 valence electrons. The number of carbonyl (C=O) groups is 2. The first-order valence-corrected chi connectivity index (χ1v) is 9.06. The van der Waals surface area contributed by atoms with Crippen molar-refractivity contribution < 1.29 is 9.59 Å². The molecule has 1 aromatic carbocycles. The standard InChI is InChI=1S/C19H27N3O2/c20-17-8-3-7-16(14-17)19(24)22-10-4-9-21(11-12-22)18(23)13-15-5-1-2-6-15/h3,7-8,14-15H,1-2,4-6,9-13,20H2. The highest BCUT2D eigenvalue weighted by Gasteiger charge is 2.25. The van der Waals surface area contributed by atoms with E-state index in [1.54, 1.807) is 24.3 Å². The van der Waals surface area contributed by atoms with Gasteiger partial charge in [-0.3, -0.25) is 9.59 Å². The van der Waals surface area contributed by atoms with Crippen molar-refractivity contribution in [3.63, 3.8) is 0 Å². The number of carbonyl (C=O) groups excluding carboxylic acids is 2. The Morgan fingerprint density at radius 3 is 2.46 bits per heavy atom. The van der Waals surface area contributed by atoms with Crippen LogP contribution in [0.2, 0.25) is 0 Å². The molecule has 1 aliphatic heterocycles. The molecule has 0 spiro atoms. The van der Waals surface area contributed by atoms with E-state index < -0.39 is 0 Å². The van der Waals surface area contributed by atoms with Crippen molar-refractivity contribution in [3.05, 3.63) is 29.8 Å². The summed E-state index contributed by atoms with van der Waals surface area (Å²) in [5.41, 5.74) is 7.00. The van der Waals surface area contributed by atoms with Crippen LogP contribution in [0.25, 0.3) is 0 Å². The highest BCUT2D eigenvalue weighted by molar-refractivity contribution is 5.95. The van der Waals surface area contributed by atoms with Crippen LogP contribution in [0.1, 0.15) is 48.9 Å². The van der Waals surface area contributed by atoms with Crippen molar-refractivity contribution in [1.82, 2.24) is 9.80 Å². The van der Waals surface area contributed by atoms with E-state index in [0.717, 1.165) is 13.0 Å². The summed E-state index contributed by atoms with van der Waals surface area (Å²) >= 11 is 0. The van der Waals surface area contributed by atoms with Crippen LogP contribution in [0.15, 0.2) is 24.3 Å². The van der Waals surface area contributed by atoms with E-state index in [1.165, 1.54) is 25.7 Å². The third-order valence-corrected chi connectivity index (χ3v) is 5.21. The minimum absolute atomic E-state index is 0.00684. The molecule has 3 rings (SSSR count). The predicted octanol–water partition coefficient (Wildman–Crippen LogP) is 2.52. The fraction of sp³-hybridized carbons (Fsp3) is 0.579. The zero-order valence-corrected chi connectivity index (χ0v) is 14.2. The van der Waals surface area contributed by atoms with Crippen molar-refractivity contribution in [3.8, 4) is 0 Å². The molecule has 0 bridgehead atoms. The molecule has 1 saturated heterocycles. The molecule has 1 heterocycles. The van der Waals surface area contributed by atoms with Gasteiger partial charge in [-0.1, -0.05) is 18.9 Å². The Morgan fingerprint density at radius 1 is 1.00 bits per heavy atom. The van der Waals surface area contributed by atoms with Crippen molar-refractivity contribution in [2.24, 2.45) is 5.92 Å². The van der Waals surface area contributed by atoms with E-state index in [0.29, 0.717) is 43.2 Å². The summed E-state index contributed by atoms with van der Waals surface area (Å²) in [6.45, 7) is 2.69. The van der Waals surface area contributed by atoms with E-state index in [1.807, 2.05) is 9.80 Å². The Labute approximate surface area is 143 Å². The molecular weight excluding hydrogens is 302 g/mol. The smallest absolute Gasteiger partial charge is 0.253 e. The van der Waals surface area contributed by atoms with Gasteiger partial charge in [0.15, 0.2) is 0 Å². The van der Waals surface area contributed by atoms with E-state index in [9.17, 15) is 9.59 Å². The van der Waals surface area contributed by atoms with Crippen molar-refractivity contribution in [2.45, 2.75) is 38.5 Å². The van der Waals surface area contributed by atoms with Gasteiger partial charge in [-0.2, -0.15) is 0 Å². The van der Waals surface area contributed by atoms with Crippen LogP contribution in [0.3, 0.4) is 0 Å². The molecule has 5 heteroatoms. The van der Waals surface area contributed by atoms with Gasteiger partial charge in [0, 0.05) is 43.9 Å². The topological polar surface area (TPSA) is 66.6 Å². The first-order chi connectivity index (χ1) is 11.6. The summed E-state index contributed by atoms with van der Waals surface area (Å²) in [6.07, 6.45) is 6.44. The van der Waals surface area contributed by atoms with E-state index in [-0.39, 0.29) is 11.8 Å². The number of hydrogen-bond donors (Lipinski definition) is 1. The van der Waals surface area contributed by atoms with E-state index in [2.05, 4.69) is 0 Å². The second-order valence-corrected chi connectivity index (χ2v) is 7.01. The largest absolute Gasteiger partial charge is 0.399 e. The SMILES string of the molecule is Nc1cccc(C(=O)N2CCCN(C(=O)CC3CCCC3)CC2)c1. The summed E-state index contributed by atoms with van der Waals surface area (Å²) in [4.78, 5) is 28.9. The van der Waals surface area contributed by atoms with Crippen LogP contribution in [0, 0.1) is 5.92 Å². The number of anilines is 1. The molecule has 5 nitrogen and oxygen atoms in total. The number of nitrogens with zero attached hydrogens (tertiary/aromatic N) is 2. The molecule has 1 saturated carbocycles. The molecule has 2 amide bonds. The summed E-state index contributed by atoms with van der Waals surface area (Å²) in [7, 11) is 0.